The molecule has 3 N–H and O–H groups in total. The molecule has 2 rings (SSSR count). The molecule has 16 heavy (non-hydrogen) atoms. The summed E-state index contributed by atoms with van der Waals surface area (Å²) >= 11 is 13.2. The second kappa shape index (κ2) is 4.63. The van der Waals surface area contributed by atoms with Crippen LogP contribution in [0.1, 0.15) is 16.5 Å². The summed E-state index contributed by atoms with van der Waals surface area (Å²) in [7, 11) is 0. The molecule has 0 bridgehead atoms. The summed E-state index contributed by atoms with van der Waals surface area (Å²) in [5.74, 6) is -0.0462. The predicted octanol–water partition coefficient (Wildman–Crippen LogP) is 3.81. The third-order valence-corrected chi connectivity index (χ3v) is 4.03. The van der Waals surface area contributed by atoms with Crippen molar-refractivity contribution in [2.24, 2.45) is 5.73 Å². The van der Waals surface area contributed by atoms with Gasteiger partial charge in [0.15, 0.2) is 0 Å². The van der Waals surface area contributed by atoms with Gasteiger partial charge in [-0.25, -0.2) is 0 Å². The summed E-state index contributed by atoms with van der Waals surface area (Å²) in [4.78, 5) is 0.966. The lowest BCUT2D eigenvalue weighted by Crippen LogP contribution is -2.10. The predicted molar refractivity (Wildman–Crippen MR) is 68.5 cm³/mol. The Balaban J connectivity index is 2.45. The Kier molecular flexibility index (Phi) is 3.40. The molecule has 0 aliphatic heterocycles. The molecule has 0 radical (unpaired) electrons. The first-order valence-corrected chi connectivity index (χ1v) is 6.20. The van der Waals surface area contributed by atoms with Crippen LogP contribution in [-0.4, -0.2) is 5.11 Å². The van der Waals surface area contributed by atoms with Crippen molar-refractivity contribution in [3.8, 4) is 5.75 Å². The maximum absolute atomic E-state index is 9.86. The van der Waals surface area contributed by atoms with E-state index in [0.29, 0.717) is 10.6 Å². The molecule has 2 aromatic rings. The van der Waals surface area contributed by atoms with Crippen molar-refractivity contribution in [1.29, 1.82) is 0 Å². The lowest BCUT2D eigenvalue weighted by atomic mass is 10.1. The first-order chi connectivity index (χ1) is 7.61. The van der Waals surface area contributed by atoms with Crippen molar-refractivity contribution in [3.63, 3.8) is 0 Å². The minimum atomic E-state index is -0.380. The highest BCUT2D eigenvalue weighted by molar-refractivity contribution is 7.10. The van der Waals surface area contributed by atoms with Crippen LogP contribution in [0.5, 0.6) is 5.75 Å². The van der Waals surface area contributed by atoms with E-state index in [-0.39, 0.29) is 16.8 Å². The molecule has 0 saturated carbocycles. The number of aromatic hydroxyl groups is 1. The van der Waals surface area contributed by atoms with E-state index in [0.717, 1.165) is 4.88 Å². The molecule has 0 amide bonds. The quantitative estimate of drug-likeness (QED) is 0.874. The van der Waals surface area contributed by atoms with E-state index in [4.69, 9.17) is 28.9 Å². The van der Waals surface area contributed by atoms with Crippen molar-refractivity contribution in [1.82, 2.24) is 0 Å². The molecule has 84 valence electrons. The van der Waals surface area contributed by atoms with Crippen molar-refractivity contribution in [2.75, 3.05) is 0 Å². The Bertz CT molecular complexity index is 499. The van der Waals surface area contributed by atoms with Gasteiger partial charge in [-0.05, 0) is 17.5 Å². The highest BCUT2D eigenvalue weighted by Crippen LogP contribution is 2.38. The highest BCUT2D eigenvalue weighted by atomic mass is 35.5. The second-order valence-corrected chi connectivity index (χ2v) is 5.06. The third kappa shape index (κ3) is 2.04. The number of halogens is 2. The van der Waals surface area contributed by atoms with E-state index < -0.39 is 0 Å². The molecule has 0 aliphatic carbocycles. The van der Waals surface area contributed by atoms with Crippen LogP contribution in [0, 0.1) is 0 Å². The van der Waals surface area contributed by atoms with Crippen LogP contribution in [0.4, 0.5) is 0 Å². The fourth-order valence-corrected chi connectivity index (χ4v) is 2.50. The van der Waals surface area contributed by atoms with Gasteiger partial charge in [0.2, 0.25) is 0 Å². The van der Waals surface area contributed by atoms with Gasteiger partial charge in [-0.2, -0.15) is 0 Å². The zero-order valence-corrected chi connectivity index (χ0v) is 10.5. The summed E-state index contributed by atoms with van der Waals surface area (Å²) in [5, 5.41) is 12.3. The molecule has 0 unspecified atom stereocenters. The highest BCUT2D eigenvalue weighted by Gasteiger charge is 2.17. The average molecular weight is 274 g/mol. The molecule has 5 heteroatoms. The fourth-order valence-electron chi connectivity index (χ4n) is 1.43. The van der Waals surface area contributed by atoms with Crippen LogP contribution in [0.25, 0.3) is 0 Å². The van der Waals surface area contributed by atoms with E-state index in [1.807, 2.05) is 17.5 Å². The molecular formula is C11H9Cl2NOS. The molecular weight excluding hydrogens is 265 g/mol. The first-order valence-electron chi connectivity index (χ1n) is 4.57. The standard InChI is InChI=1S/C11H9Cl2NOS/c12-7-4-3-6(11(15)9(7)13)10(14)8-2-1-5-16-8/h1-5,10,15H,14H2/t10-/m1/s1. The summed E-state index contributed by atoms with van der Waals surface area (Å²) in [6.07, 6.45) is 0. The van der Waals surface area contributed by atoms with Crippen molar-refractivity contribution in [3.05, 3.63) is 50.1 Å². The van der Waals surface area contributed by atoms with Gasteiger partial charge >= 0.3 is 0 Å². The topological polar surface area (TPSA) is 46.2 Å². The van der Waals surface area contributed by atoms with E-state index in [9.17, 15) is 5.11 Å². The fraction of sp³-hybridized carbons (Fsp3) is 0.0909. The van der Waals surface area contributed by atoms with Crippen LogP contribution < -0.4 is 5.73 Å². The normalized spacial score (nSPS) is 12.7. The molecule has 0 aliphatic rings. The molecule has 0 saturated heterocycles. The number of phenols is 1. The summed E-state index contributed by atoms with van der Waals surface area (Å²) in [6.45, 7) is 0. The summed E-state index contributed by atoms with van der Waals surface area (Å²) < 4.78 is 0. The smallest absolute Gasteiger partial charge is 0.140 e. The van der Waals surface area contributed by atoms with Gasteiger partial charge in [-0.1, -0.05) is 35.3 Å². The number of benzene rings is 1. The Morgan fingerprint density at radius 3 is 2.62 bits per heavy atom. The largest absolute Gasteiger partial charge is 0.506 e. The van der Waals surface area contributed by atoms with E-state index in [1.165, 1.54) is 11.3 Å². The Morgan fingerprint density at radius 1 is 1.25 bits per heavy atom. The number of rotatable bonds is 2. The van der Waals surface area contributed by atoms with Crippen LogP contribution in [0.15, 0.2) is 29.6 Å². The summed E-state index contributed by atoms with van der Waals surface area (Å²) in [6, 6.07) is 6.77. The Morgan fingerprint density at radius 2 is 2.00 bits per heavy atom. The van der Waals surface area contributed by atoms with Crippen LogP contribution in [0.3, 0.4) is 0 Å². The maximum atomic E-state index is 9.86. The number of hydrogen-bond donors (Lipinski definition) is 2. The van der Waals surface area contributed by atoms with Gasteiger partial charge in [-0.15, -0.1) is 11.3 Å². The molecule has 1 aromatic heterocycles. The van der Waals surface area contributed by atoms with Gasteiger partial charge in [0.05, 0.1) is 11.1 Å². The van der Waals surface area contributed by atoms with Gasteiger partial charge in [-0.3, -0.25) is 0 Å². The van der Waals surface area contributed by atoms with Gasteiger partial charge in [0.25, 0.3) is 0 Å². The zero-order valence-electron chi connectivity index (χ0n) is 8.15. The van der Waals surface area contributed by atoms with Crippen LogP contribution in [-0.2, 0) is 0 Å². The molecule has 1 atom stereocenters. The monoisotopic (exact) mass is 273 g/mol. The van der Waals surface area contributed by atoms with Gasteiger partial charge in [0, 0.05) is 10.4 Å². The van der Waals surface area contributed by atoms with E-state index in [1.54, 1.807) is 12.1 Å². The Labute approximate surface area is 107 Å². The molecule has 1 aromatic carbocycles. The minimum absolute atomic E-state index is 0.0462. The van der Waals surface area contributed by atoms with Gasteiger partial charge in [0.1, 0.15) is 10.8 Å². The third-order valence-electron chi connectivity index (χ3n) is 2.29. The van der Waals surface area contributed by atoms with E-state index >= 15 is 0 Å². The van der Waals surface area contributed by atoms with Crippen molar-refractivity contribution >= 4 is 34.5 Å². The minimum Gasteiger partial charge on any atom is -0.506 e. The maximum Gasteiger partial charge on any atom is 0.140 e. The SMILES string of the molecule is N[C@@H](c1cccs1)c1ccc(Cl)c(Cl)c1O. The van der Waals surface area contributed by atoms with Crippen LogP contribution in [0.2, 0.25) is 10.0 Å². The number of phenolic OH excluding ortho intramolecular Hbond substituents is 1. The molecule has 0 fully saturated rings. The van der Waals surface area contributed by atoms with Crippen molar-refractivity contribution in [2.45, 2.75) is 6.04 Å². The number of nitrogens with two attached hydrogens (primary N) is 1. The van der Waals surface area contributed by atoms with Gasteiger partial charge < -0.3 is 10.8 Å². The Hall–Kier alpha value is -0.740. The second-order valence-electron chi connectivity index (χ2n) is 3.29. The molecule has 0 spiro atoms. The summed E-state index contributed by atoms with van der Waals surface area (Å²) in [5.41, 5.74) is 6.61. The lowest BCUT2D eigenvalue weighted by molar-refractivity contribution is 0.466. The van der Waals surface area contributed by atoms with Crippen molar-refractivity contribution < 1.29 is 5.11 Å². The number of thiophene rings is 1. The van der Waals surface area contributed by atoms with Crippen LogP contribution >= 0.6 is 34.5 Å². The lowest BCUT2D eigenvalue weighted by Gasteiger charge is -2.13. The molecule has 1 heterocycles. The molecule has 2 nitrogen and oxygen atoms in total. The number of hydrogen-bond acceptors (Lipinski definition) is 3. The average Bonchev–Trinajstić information content (AvgIpc) is 2.79. The van der Waals surface area contributed by atoms with E-state index in [2.05, 4.69) is 0 Å². The zero-order chi connectivity index (χ0) is 11.7. The first kappa shape index (κ1) is 11.7.